The van der Waals surface area contributed by atoms with E-state index in [1.807, 2.05) is 24.3 Å². The Morgan fingerprint density at radius 1 is 1.31 bits per heavy atom. The molecule has 1 amide bonds. The zero-order chi connectivity index (χ0) is 18.5. The first-order valence-corrected chi connectivity index (χ1v) is 8.59. The van der Waals surface area contributed by atoms with Crippen molar-refractivity contribution in [1.82, 2.24) is 15.4 Å². The predicted molar refractivity (Wildman–Crippen MR) is 100 cm³/mol. The number of hydrogen-bond acceptors (Lipinski definition) is 6. The number of amides is 1. The van der Waals surface area contributed by atoms with E-state index in [1.165, 1.54) is 30.1 Å². The number of rotatable bonds is 6. The quantitative estimate of drug-likeness (QED) is 0.300. The summed E-state index contributed by atoms with van der Waals surface area (Å²) in [5.41, 5.74) is 4.87. The maximum Gasteiger partial charge on any atom is 0.269 e. The number of H-pyrrole nitrogens is 1. The van der Waals surface area contributed by atoms with Gasteiger partial charge in [-0.2, -0.15) is 5.10 Å². The Morgan fingerprint density at radius 3 is 2.73 bits per heavy atom. The second-order valence-corrected chi connectivity index (χ2v) is 6.73. The van der Waals surface area contributed by atoms with Gasteiger partial charge in [0.05, 0.1) is 27.4 Å². The lowest BCUT2D eigenvalue weighted by Crippen LogP contribution is -2.26. The molecule has 132 valence electrons. The Hall–Kier alpha value is -3.20. The van der Waals surface area contributed by atoms with Crippen LogP contribution in [0, 0.1) is 10.1 Å². The molecule has 26 heavy (non-hydrogen) atoms. The summed E-state index contributed by atoms with van der Waals surface area (Å²) < 4.78 is 0. The molecule has 0 radical (unpaired) electrons. The average molecular weight is 369 g/mol. The maximum absolute atomic E-state index is 12.1. The Bertz CT molecular complexity index is 935. The number of nitrogens with one attached hydrogen (secondary N) is 2. The van der Waals surface area contributed by atoms with E-state index >= 15 is 0 Å². The third kappa shape index (κ3) is 4.25. The number of fused-ring (bicyclic) bond motifs is 1. The fourth-order valence-electron chi connectivity index (χ4n) is 2.15. The molecule has 8 nitrogen and oxygen atoms in total. The zero-order valence-corrected chi connectivity index (χ0v) is 14.6. The Labute approximate surface area is 152 Å². The summed E-state index contributed by atoms with van der Waals surface area (Å²) in [6.07, 6.45) is 1.43. The van der Waals surface area contributed by atoms with Gasteiger partial charge in [0, 0.05) is 12.1 Å². The number of thioether (sulfide) groups is 1. The minimum atomic E-state index is -0.473. The van der Waals surface area contributed by atoms with E-state index < -0.39 is 10.2 Å². The number of carbonyl (C=O) groups excluding carboxylic acids is 1. The molecule has 9 heteroatoms. The lowest BCUT2D eigenvalue weighted by molar-refractivity contribution is -0.384. The number of nitro benzene ring substituents is 1. The summed E-state index contributed by atoms with van der Waals surface area (Å²) in [4.78, 5) is 29.8. The van der Waals surface area contributed by atoms with Crippen LogP contribution in [0.2, 0.25) is 0 Å². The van der Waals surface area contributed by atoms with E-state index in [9.17, 15) is 14.9 Å². The summed E-state index contributed by atoms with van der Waals surface area (Å²) >= 11 is 1.30. The summed E-state index contributed by atoms with van der Waals surface area (Å²) in [5.74, 6) is -0.270. The van der Waals surface area contributed by atoms with E-state index in [1.54, 1.807) is 19.1 Å². The largest absolute Gasteiger partial charge is 0.333 e. The van der Waals surface area contributed by atoms with Crippen molar-refractivity contribution < 1.29 is 9.72 Å². The topological polar surface area (TPSA) is 113 Å². The monoisotopic (exact) mass is 369 g/mol. The first-order chi connectivity index (χ1) is 12.5. The van der Waals surface area contributed by atoms with Gasteiger partial charge >= 0.3 is 0 Å². The van der Waals surface area contributed by atoms with Crippen LogP contribution in [0.25, 0.3) is 11.0 Å². The molecule has 0 spiro atoms. The smallest absolute Gasteiger partial charge is 0.269 e. The Morgan fingerprint density at radius 2 is 2.04 bits per heavy atom. The van der Waals surface area contributed by atoms with Crippen molar-refractivity contribution in [1.29, 1.82) is 0 Å². The number of non-ortho nitro benzene ring substituents is 1. The molecule has 1 aromatic heterocycles. The van der Waals surface area contributed by atoms with Crippen LogP contribution in [0.5, 0.6) is 0 Å². The number of nitro groups is 1. The number of carbonyl (C=O) groups is 1. The zero-order valence-electron chi connectivity index (χ0n) is 13.7. The second kappa shape index (κ2) is 7.79. The molecule has 0 aliphatic rings. The molecule has 0 unspecified atom stereocenters. The van der Waals surface area contributed by atoms with Crippen molar-refractivity contribution >= 4 is 40.6 Å². The number of imidazole rings is 1. The molecule has 0 fully saturated rings. The van der Waals surface area contributed by atoms with Gasteiger partial charge in [-0.25, -0.2) is 10.4 Å². The van der Waals surface area contributed by atoms with Crippen LogP contribution in [0.3, 0.4) is 0 Å². The van der Waals surface area contributed by atoms with E-state index in [4.69, 9.17) is 0 Å². The second-order valence-electron chi connectivity index (χ2n) is 5.40. The van der Waals surface area contributed by atoms with Crippen LogP contribution in [0.1, 0.15) is 12.5 Å². The summed E-state index contributed by atoms with van der Waals surface area (Å²) in [7, 11) is 0. The Kier molecular flexibility index (Phi) is 5.28. The first-order valence-electron chi connectivity index (χ1n) is 7.72. The van der Waals surface area contributed by atoms with Crippen LogP contribution >= 0.6 is 11.8 Å². The lowest BCUT2D eigenvalue weighted by Gasteiger charge is -2.06. The number of benzene rings is 2. The van der Waals surface area contributed by atoms with Gasteiger partial charge in [0.25, 0.3) is 11.6 Å². The molecule has 0 bridgehead atoms. The standard InChI is InChI=1S/C17H15N5O3S/c1-11(26-17-19-14-4-2-3-5-15(14)20-17)16(23)21-18-10-12-6-8-13(9-7-12)22(24)25/h2-11H,1H3,(H,19,20)(H,21,23)/b18-10-/t11-/m1/s1. The van der Waals surface area contributed by atoms with Crippen LogP contribution in [-0.2, 0) is 4.79 Å². The maximum atomic E-state index is 12.1. The van der Waals surface area contributed by atoms with E-state index in [0.29, 0.717) is 10.7 Å². The molecule has 3 rings (SSSR count). The van der Waals surface area contributed by atoms with Crippen LogP contribution in [-0.4, -0.2) is 32.3 Å². The highest BCUT2D eigenvalue weighted by atomic mass is 32.2. The molecule has 0 saturated carbocycles. The van der Waals surface area contributed by atoms with Crippen molar-refractivity contribution in [2.24, 2.45) is 5.10 Å². The summed E-state index contributed by atoms with van der Waals surface area (Å²) in [6, 6.07) is 13.5. The number of hydrogen-bond donors (Lipinski definition) is 2. The highest BCUT2D eigenvalue weighted by molar-refractivity contribution is 8.00. The van der Waals surface area contributed by atoms with Crippen molar-refractivity contribution in [2.75, 3.05) is 0 Å². The number of aromatic amines is 1. The average Bonchev–Trinajstić information content (AvgIpc) is 3.04. The summed E-state index contributed by atoms with van der Waals surface area (Å²) in [5, 5.41) is 14.7. The molecule has 2 aromatic carbocycles. The number of aromatic nitrogens is 2. The van der Waals surface area contributed by atoms with Crippen LogP contribution < -0.4 is 5.43 Å². The first kappa shape index (κ1) is 17.6. The van der Waals surface area contributed by atoms with Gasteiger partial charge in [-0.15, -0.1) is 0 Å². The van der Waals surface area contributed by atoms with E-state index in [0.717, 1.165) is 11.0 Å². The van der Waals surface area contributed by atoms with Gasteiger partial charge in [-0.3, -0.25) is 14.9 Å². The fraction of sp³-hybridized carbons (Fsp3) is 0.118. The van der Waals surface area contributed by atoms with E-state index in [-0.39, 0.29) is 11.6 Å². The summed E-state index contributed by atoms with van der Waals surface area (Å²) in [6.45, 7) is 1.76. The third-order valence-corrected chi connectivity index (χ3v) is 4.50. The molecule has 0 saturated heterocycles. The molecule has 2 N–H and O–H groups in total. The van der Waals surface area contributed by atoms with Gasteiger partial charge in [-0.05, 0) is 36.8 Å². The van der Waals surface area contributed by atoms with Crippen molar-refractivity contribution in [2.45, 2.75) is 17.3 Å². The van der Waals surface area contributed by atoms with Gasteiger partial charge < -0.3 is 4.98 Å². The van der Waals surface area contributed by atoms with Crippen molar-refractivity contribution in [3.63, 3.8) is 0 Å². The predicted octanol–water partition coefficient (Wildman–Crippen LogP) is 3.10. The fourth-order valence-corrected chi connectivity index (χ4v) is 2.96. The van der Waals surface area contributed by atoms with Gasteiger partial charge in [-0.1, -0.05) is 23.9 Å². The SMILES string of the molecule is C[C@@H](Sc1nc2ccccc2[nH]1)C(=O)N/N=C\c1ccc([N+](=O)[O-])cc1. The number of para-hydroxylation sites is 2. The number of hydrazone groups is 1. The third-order valence-electron chi connectivity index (χ3n) is 3.52. The van der Waals surface area contributed by atoms with Crippen molar-refractivity contribution in [3.8, 4) is 0 Å². The molecule has 0 aliphatic carbocycles. The molecular formula is C17H15N5O3S. The Balaban J connectivity index is 1.55. The van der Waals surface area contributed by atoms with Gasteiger partial charge in [0.15, 0.2) is 5.16 Å². The highest BCUT2D eigenvalue weighted by Gasteiger charge is 2.16. The molecule has 1 atom stereocenters. The molecule has 0 aliphatic heterocycles. The minimum Gasteiger partial charge on any atom is -0.333 e. The van der Waals surface area contributed by atoms with Gasteiger partial charge in [0.2, 0.25) is 0 Å². The van der Waals surface area contributed by atoms with Crippen LogP contribution in [0.4, 0.5) is 5.69 Å². The van der Waals surface area contributed by atoms with Crippen LogP contribution in [0.15, 0.2) is 58.8 Å². The van der Waals surface area contributed by atoms with E-state index in [2.05, 4.69) is 20.5 Å². The molecular weight excluding hydrogens is 354 g/mol. The normalized spacial score (nSPS) is 12.3. The lowest BCUT2D eigenvalue weighted by atomic mass is 10.2. The molecule has 1 heterocycles. The highest BCUT2D eigenvalue weighted by Crippen LogP contribution is 2.23. The molecule has 3 aromatic rings. The minimum absolute atomic E-state index is 0.00189. The van der Waals surface area contributed by atoms with Gasteiger partial charge in [0.1, 0.15) is 0 Å². The number of nitrogens with zero attached hydrogens (tertiary/aromatic N) is 3. The van der Waals surface area contributed by atoms with Crippen molar-refractivity contribution in [3.05, 3.63) is 64.2 Å².